The SMILES string of the molecule is CCCCCNC(=O)c1ccc(C)cc1NN. The number of aryl methyl sites for hydroxylation is 1. The molecule has 0 aliphatic carbocycles. The molecule has 0 saturated carbocycles. The smallest absolute Gasteiger partial charge is 0.253 e. The van der Waals surface area contributed by atoms with Gasteiger partial charge in [-0.3, -0.25) is 10.6 Å². The maximum Gasteiger partial charge on any atom is 0.253 e. The molecule has 0 bridgehead atoms. The van der Waals surface area contributed by atoms with Crippen molar-refractivity contribution in [1.82, 2.24) is 5.32 Å². The summed E-state index contributed by atoms with van der Waals surface area (Å²) in [5.74, 6) is 5.33. The molecule has 0 saturated heterocycles. The Hall–Kier alpha value is -1.55. The van der Waals surface area contributed by atoms with E-state index in [9.17, 15) is 4.79 Å². The monoisotopic (exact) mass is 235 g/mol. The first-order valence-corrected chi connectivity index (χ1v) is 6.04. The number of nitrogens with one attached hydrogen (secondary N) is 2. The maximum atomic E-state index is 11.9. The number of hydrogen-bond acceptors (Lipinski definition) is 3. The summed E-state index contributed by atoms with van der Waals surface area (Å²) in [6.45, 7) is 4.81. The van der Waals surface area contributed by atoms with E-state index < -0.39 is 0 Å². The summed E-state index contributed by atoms with van der Waals surface area (Å²) < 4.78 is 0. The summed E-state index contributed by atoms with van der Waals surface area (Å²) in [5.41, 5.74) is 4.88. The number of carbonyl (C=O) groups is 1. The number of nitrogens with two attached hydrogens (primary N) is 1. The highest BCUT2D eigenvalue weighted by Gasteiger charge is 2.09. The number of anilines is 1. The molecule has 0 aliphatic heterocycles. The molecule has 0 spiro atoms. The molecule has 1 aromatic carbocycles. The van der Waals surface area contributed by atoms with Gasteiger partial charge in [-0.1, -0.05) is 25.8 Å². The van der Waals surface area contributed by atoms with E-state index >= 15 is 0 Å². The number of carbonyl (C=O) groups excluding carboxylic acids is 1. The van der Waals surface area contributed by atoms with Crippen LogP contribution in [0.25, 0.3) is 0 Å². The van der Waals surface area contributed by atoms with E-state index in [2.05, 4.69) is 17.7 Å². The molecule has 4 N–H and O–H groups in total. The zero-order valence-corrected chi connectivity index (χ0v) is 10.5. The average molecular weight is 235 g/mol. The lowest BCUT2D eigenvalue weighted by Gasteiger charge is -2.10. The van der Waals surface area contributed by atoms with Crippen LogP contribution in [0, 0.1) is 6.92 Å². The van der Waals surface area contributed by atoms with Crippen molar-refractivity contribution in [3.05, 3.63) is 29.3 Å². The Bertz CT molecular complexity index is 377. The van der Waals surface area contributed by atoms with Crippen LogP contribution in [0.3, 0.4) is 0 Å². The normalized spacial score (nSPS) is 10.1. The Morgan fingerprint density at radius 1 is 1.35 bits per heavy atom. The number of benzene rings is 1. The van der Waals surface area contributed by atoms with Crippen molar-refractivity contribution in [2.24, 2.45) is 5.84 Å². The minimum absolute atomic E-state index is 0.0750. The highest BCUT2D eigenvalue weighted by Crippen LogP contribution is 2.16. The van der Waals surface area contributed by atoms with Crippen molar-refractivity contribution in [2.75, 3.05) is 12.0 Å². The van der Waals surface area contributed by atoms with E-state index in [4.69, 9.17) is 5.84 Å². The third-order valence-electron chi connectivity index (χ3n) is 2.64. The van der Waals surface area contributed by atoms with Gasteiger partial charge in [-0.25, -0.2) is 0 Å². The van der Waals surface area contributed by atoms with Crippen LogP contribution >= 0.6 is 0 Å². The summed E-state index contributed by atoms with van der Waals surface area (Å²) in [7, 11) is 0. The molecule has 1 amide bonds. The predicted molar refractivity (Wildman–Crippen MR) is 70.8 cm³/mol. The fourth-order valence-corrected chi connectivity index (χ4v) is 1.65. The van der Waals surface area contributed by atoms with Crippen LogP contribution in [0.2, 0.25) is 0 Å². The molecule has 4 nitrogen and oxygen atoms in total. The summed E-state index contributed by atoms with van der Waals surface area (Å²) in [5, 5.41) is 2.89. The molecule has 1 aromatic rings. The lowest BCUT2D eigenvalue weighted by molar-refractivity contribution is 0.0953. The van der Waals surface area contributed by atoms with Crippen molar-refractivity contribution >= 4 is 11.6 Å². The second-order valence-electron chi connectivity index (χ2n) is 4.16. The Morgan fingerprint density at radius 2 is 2.12 bits per heavy atom. The van der Waals surface area contributed by atoms with E-state index in [1.807, 2.05) is 19.1 Å². The standard InChI is InChI=1S/C13H21N3O/c1-3-4-5-8-15-13(17)11-7-6-10(2)9-12(11)16-14/h6-7,9,16H,3-5,8,14H2,1-2H3,(H,15,17). The number of unbranched alkanes of at least 4 members (excludes halogenated alkanes) is 2. The Kier molecular flexibility index (Phi) is 5.49. The minimum Gasteiger partial charge on any atom is -0.352 e. The van der Waals surface area contributed by atoms with E-state index in [-0.39, 0.29) is 5.91 Å². The van der Waals surface area contributed by atoms with Gasteiger partial charge in [0.1, 0.15) is 0 Å². The fraction of sp³-hybridized carbons (Fsp3) is 0.462. The molecule has 0 aromatic heterocycles. The van der Waals surface area contributed by atoms with Crippen molar-refractivity contribution < 1.29 is 4.79 Å². The number of amides is 1. The molecule has 0 heterocycles. The lowest BCUT2D eigenvalue weighted by atomic mass is 10.1. The fourth-order valence-electron chi connectivity index (χ4n) is 1.65. The molecular formula is C13H21N3O. The van der Waals surface area contributed by atoms with Gasteiger partial charge in [-0.05, 0) is 31.0 Å². The topological polar surface area (TPSA) is 67.2 Å². The first-order valence-electron chi connectivity index (χ1n) is 6.04. The van der Waals surface area contributed by atoms with Crippen LogP contribution in [0.15, 0.2) is 18.2 Å². The molecule has 0 radical (unpaired) electrons. The number of hydrazine groups is 1. The molecule has 0 unspecified atom stereocenters. The van der Waals surface area contributed by atoms with Crippen molar-refractivity contribution in [1.29, 1.82) is 0 Å². The van der Waals surface area contributed by atoms with Crippen LogP contribution in [0.1, 0.15) is 42.1 Å². The van der Waals surface area contributed by atoms with E-state index in [1.54, 1.807) is 6.07 Å². The van der Waals surface area contributed by atoms with Crippen LogP contribution < -0.4 is 16.6 Å². The van der Waals surface area contributed by atoms with Gasteiger partial charge in [0.05, 0.1) is 11.3 Å². The van der Waals surface area contributed by atoms with Gasteiger partial charge < -0.3 is 10.7 Å². The second kappa shape index (κ2) is 6.91. The summed E-state index contributed by atoms with van der Waals surface area (Å²) in [6.07, 6.45) is 3.30. The Morgan fingerprint density at radius 3 is 2.76 bits per heavy atom. The minimum atomic E-state index is -0.0750. The number of hydrogen-bond donors (Lipinski definition) is 3. The highest BCUT2D eigenvalue weighted by molar-refractivity contribution is 5.99. The zero-order valence-electron chi connectivity index (χ0n) is 10.5. The van der Waals surface area contributed by atoms with E-state index in [0.717, 1.165) is 24.8 Å². The van der Waals surface area contributed by atoms with Gasteiger partial charge in [0.2, 0.25) is 0 Å². The average Bonchev–Trinajstić information content (AvgIpc) is 2.34. The number of rotatable bonds is 6. The zero-order chi connectivity index (χ0) is 12.7. The van der Waals surface area contributed by atoms with E-state index in [0.29, 0.717) is 17.8 Å². The third-order valence-corrected chi connectivity index (χ3v) is 2.64. The molecule has 17 heavy (non-hydrogen) atoms. The van der Waals surface area contributed by atoms with Crippen LogP contribution in [0.4, 0.5) is 5.69 Å². The van der Waals surface area contributed by atoms with E-state index in [1.165, 1.54) is 0 Å². The summed E-state index contributed by atoms with van der Waals surface area (Å²) in [6, 6.07) is 5.56. The van der Waals surface area contributed by atoms with Gasteiger partial charge in [0.25, 0.3) is 5.91 Å². The Labute approximate surface area is 103 Å². The van der Waals surface area contributed by atoms with Gasteiger partial charge in [-0.15, -0.1) is 0 Å². The Balaban J connectivity index is 2.62. The molecule has 4 heteroatoms. The number of nitrogen functional groups attached to an aromatic ring is 1. The van der Waals surface area contributed by atoms with Crippen LogP contribution in [-0.2, 0) is 0 Å². The molecule has 0 atom stereocenters. The second-order valence-corrected chi connectivity index (χ2v) is 4.16. The van der Waals surface area contributed by atoms with Crippen LogP contribution in [0.5, 0.6) is 0 Å². The predicted octanol–water partition coefficient (Wildman–Crippen LogP) is 2.20. The van der Waals surface area contributed by atoms with Crippen molar-refractivity contribution in [3.63, 3.8) is 0 Å². The van der Waals surface area contributed by atoms with Crippen molar-refractivity contribution in [2.45, 2.75) is 33.1 Å². The highest BCUT2D eigenvalue weighted by atomic mass is 16.1. The molecule has 0 fully saturated rings. The summed E-state index contributed by atoms with van der Waals surface area (Å²) in [4.78, 5) is 11.9. The first-order chi connectivity index (χ1) is 8.19. The lowest BCUT2D eigenvalue weighted by Crippen LogP contribution is -2.26. The van der Waals surface area contributed by atoms with Crippen LogP contribution in [-0.4, -0.2) is 12.5 Å². The molecular weight excluding hydrogens is 214 g/mol. The molecule has 1 rings (SSSR count). The maximum absolute atomic E-state index is 11.9. The largest absolute Gasteiger partial charge is 0.352 e. The van der Waals surface area contributed by atoms with Gasteiger partial charge >= 0.3 is 0 Å². The van der Waals surface area contributed by atoms with Crippen molar-refractivity contribution in [3.8, 4) is 0 Å². The van der Waals surface area contributed by atoms with Gasteiger partial charge in [-0.2, -0.15) is 0 Å². The third kappa shape index (κ3) is 4.07. The first kappa shape index (κ1) is 13.5. The van der Waals surface area contributed by atoms with Gasteiger partial charge in [0, 0.05) is 6.54 Å². The molecule has 0 aliphatic rings. The quantitative estimate of drug-likeness (QED) is 0.402. The van der Waals surface area contributed by atoms with Gasteiger partial charge in [0.15, 0.2) is 0 Å². The molecule has 94 valence electrons. The summed E-state index contributed by atoms with van der Waals surface area (Å²) >= 11 is 0.